The number of carbonyl (C=O) groups is 1. The van der Waals surface area contributed by atoms with E-state index in [9.17, 15) is 4.79 Å². The van der Waals surface area contributed by atoms with Gasteiger partial charge in [-0.3, -0.25) is 0 Å². The van der Waals surface area contributed by atoms with Crippen LogP contribution in [0, 0.1) is 0 Å². The number of imidazole rings is 1. The number of rotatable bonds is 5. The lowest BCUT2D eigenvalue weighted by atomic mass is 10.1. The van der Waals surface area contributed by atoms with Crippen molar-refractivity contribution in [3.63, 3.8) is 0 Å². The fraction of sp³-hybridized carbons (Fsp3) is 0.222. The molecule has 2 N–H and O–H groups in total. The molecule has 3 rings (SSSR count). The van der Waals surface area contributed by atoms with Crippen LogP contribution in [0.5, 0.6) is 5.75 Å². The minimum absolute atomic E-state index is 0.129. The van der Waals surface area contributed by atoms with E-state index in [0.717, 1.165) is 22.3 Å². The van der Waals surface area contributed by atoms with Crippen LogP contribution >= 0.6 is 0 Å². The van der Waals surface area contributed by atoms with Gasteiger partial charge in [0.05, 0.1) is 23.7 Å². The Kier molecular flexibility index (Phi) is 4.65. The third kappa shape index (κ3) is 3.48. The number of hydrogen-bond acceptors (Lipinski definition) is 3. The molecular weight excluding hydrogens is 304 g/mol. The smallest absolute Gasteiger partial charge is 0.334 e. The van der Waals surface area contributed by atoms with Crippen LogP contribution in [0.2, 0.25) is 0 Å². The molecule has 2 aromatic carbocycles. The Hall–Kier alpha value is -3.02. The summed E-state index contributed by atoms with van der Waals surface area (Å²) < 4.78 is 7.03. The van der Waals surface area contributed by atoms with Crippen molar-refractivity contribution in [3.8, 4) is 5.75 Å². The number of nitrogens with zero attached hydrogens (tertiary/aromatic N) is 2. The largest absolute Gasteiger partial charge is 0.494 e. The minimum atomic E-state index is -0.292. The maximum atomic E-state index is 12.2. The maximum Gasteiger partial charge on any atom is 0.334 e. The summed E-state index contributed by atoms with van der Waals surface area (Å²) in [6, 6.07) is 14.9. The summed E-state index contributed by atoms with van der Waals surface area (Å²) in [5.74, 6) is 0.822. The second-order valence-electron chi connectivity index (χ2n) is 5.41. The Morgan fingerprint density at radius 1 is 1.21 bits per heavy atom. The van der Waals surface area contributed by atoms with E-state index in [1.807, 2.05) is 62.4 Å². The van der Waals surface area contributed by atoms with Crippen molar-refractivity contribution >= 4 is 17.1 Å². The second-order valence-corrected chi connectivity index (χ2v) is 5.41. The molecule has 0 unspecified atom stereocenters. The zero-order valence-electron chi connectivity index (χ0n) is 13.7. The highest BCUT2D eigenvalue weighted by Gasteiger charge is 2.11. The number of nitrogens with one attached hydrogen (secondary N) is 2. The molecule has 3 aromatic rings. The number of aromatic nitrogens is 2. The molecule has 0 spiro atoms. The summed E-state index contributed by atoms with van der Waals surface area (Å²) in [6.07, 6.45) is 1.59. The van der Waals surface area contributed by atoms with Crippen molar-refractivity contribution in [2.24, 2.45) is 0 Å². The fourth-order valence-electron chi connectivity index (χ4n) is 2.49. The van der Waals surface area contributed by atoms with Crippen LogP contribution in [0.1, 0.15) is 25.5 Å². The third-order valence-corrected chi connectivity index (χ3v) is 3.71. The van der Waals surface area contributed by atoms with Crippen molar-refractivity contribution in [1.29, 1.82) is 0 Å². The Morgan fingerprint density at radius 3 is 2.71 bits per heavy atom. The number of benzene rings is 2. The van der Waals surface area contributed by atoms with E-state index in [0.29, 0.717) is 6.61 Å². The first kappa shape index (κ1) is 15.9. The molecule has 0 saturated carbocycles. The summed E-state index contributed by atoms with van der Waals surface area (Å²) in [5, 5.41) is 2.91. The van der Waals surface area contributed by atoms with E-state index < -0.39 is 0 Å². The predicted molar refractivity (Wildman–Crippen MR) is 93.7 cm³/mol. The van der Waals surface area contributed by atoms with Gasteiger partial charge in [-0.15, -0.1) is 0 Å². The molecule has 0 aliphatic rings. The van der Waals surface area contributed by atoms with E-state index in [4.69, 9.17) is 4.74 Å². The lowest BCUT2D eigenvalue weighted by Crippen LogP contribution is -2.35. The highest BCUT2D eigenvalue weighted by atomic mass is 16.5. The van der Waals surface area contributed by atoms with Crippen molar-refractivity contribution in [2.45, 2.75) is 19.9 Å². The topological polar surface area (TPSA) is 68.2 Å². The van der Waals surface area contributed by atoms with E-state index in [-0.39, 0.29) is 12.1 Å². The summed E-state index contributed by atoms with van der Waals surface area (Å²) in [7, 11) is 0. The molecular formula is C18H20N4O2. The van der Waals surface area contributed by atoms with Crippen LogP contribution in [0.25, 0.3) is 11.0 Å². The van der Waals surface area contributed by atoms with Crippen LogP contribution in [-0.4, -0.2) is 22.3 Å². The maximum absolute atomic E-state index is 12.2. The van der Waals surface area contributed by atoms with Crippen molar-refractivity contribution < 1.29 is 9.53 Å². The van der Waals surface area contributed by atoms with E-state index in [1.54, 1.807) is 11.0 Å². The van der Waals surface area contributed by atoms with Crippen molar-refractivity contribution in [2.75, 3.05) is 12.0 Å². The van der Waals surface area contributed by atoms with Gasteiger partial charge >= 0.3 is 6.03 Å². The molecule has 2 amide bonds. The van der Waals surface area contributed by atoms with Gasteiger partial charge in [0.2, 0.25) is 0 Å². The molecule has 6 heteroatoms. The van der Waals surface area contributed by atoms with Crippen LogP contribution in [0.4, 0.5) is 4.79 Å². The van der Waals surface area contributed by atoms with E-state index >= 15 is 0 Å². The molecule has 0 aliphatic carbocycles. The molecule has 0 bridgehead atoms. The number of hydrogen-bond donors (Lipinski definition) is 2. The van der Waals surface area contributed by atoms with Crippen LogP contribution in [-0.2, 0) is 0 Å². The first-order valence-electron chi connectivity index (χ1n) is 7.89. The Bertz CT molecular complexity index is 826. The molecule has 124 valence electrons. The lowest BCUT2D eigenvalue weighted by molar-refractivity contribution is 0.247. The number of urea groups is 1. The monoisotopic (exact) mass is 324 g/mol. The molecule has 0 radical (unpaired) electrons. The number of fused-ring (bicyclic) bond motifs is 1. The summed E-state index contributed by atoms with van der Waals surface area (Å²) in [4.78, 5) is 16.5. The molecule has 24 heavy (non-hydrogen) atoms. The van der Waals surface area contributed by atoms with Crippen LogP contribution < -0.4 is 15.5 Å². The highest BCUT2D eigenvalue weighted by Crippen LogP contribution is 2.17. The van der Waals surface area contributed by atoms with Gasteiger partial charge in [-0.1, -0.05) is 24.3 Å². The zero-order chi connectivity index (χ0) is 16.9. The molecule has 0 fully saturated rings. The SMILES string of the molecule is CCOc1ccc([C@@H](C)NC(=O)Nn2cnc3ccccc32)cc1. The Balaban J connectivity index is 1.63. The van der Waals surface area contributed by atoms with Gasteiger partial charge in [-0.2, -0.15) is 0 Å². The van der Waals surface area contributed by atoms with Crippen LogP contribution in [0.3, 0.4) is 0 Å². The Labute approximate surface area is 140 Å². The minimum Gasteiger partial charge on any atom is -0.494 e. The van der Waals surface area contributed by atoms with E-state index in [1.165, 1.54) is 0 Å². The average Bonchev–Trinajstić information content (AvgIpc) is 2.99. The number of carbonyl (C=O) groups excluding carboxylic acids is 1. The van der Waals surface area contributed by atoms with Crippen LogP contribution in [0.15, 0.2) is 54.9 Å². The fourth-order valence-corrected chi connectivity index (χ4v) is 2.49. The number of para-hydroxylation sites is 2. The summed E-state index contributed by atoms with van der Waals surface area (Å²) in [6.45, 7) is 4.51. The average molecular weight is 324 g/mol. The van der Waals surface area contributed by atoms with Gasteiger partial charge in [-0.05, 0) is 43.7 Å². The lowest BCUT2D eigenvalue weighted by Gasteiger charge is -2.16. The summed E-state index contributed by atoms with van der Waals surface area (Å²) in [5.41, 5.74) is 5.46. The number of amides is 2. The molecule has 1 aromatic heterocycles. The first-order chi connectivity index (χ1) is 11.7. The standard InChI is InChI=1S/C18H20N4O2/c1-3-24-15-10-8-14(9-11-15)13(2)20-18(23)21-22-12-19-16-6-4-5-7-17(16)22/h4-13H,3H2,1-2H3,(H2,20,21,23)/t13-/m1/s1. The van der Waals surface area contributed by atoms with Gasteiger partial charge in [0.25, 0.3) is 0 Å². The van der Waals surface area contributed by atoms with Crippen molar-refractivity contribution in [1.82, 2.24) is 15.0 Å². The molecule has 0 aliphatic heterocycles. The number of ether oxygens (including phenoxy) is 1. The predicted octanol–water partition coefficient (Wildman–Crippen LogP) is 3.45. The molecule has 1 atom stereocenters. The molecule has 1 heterocycles. The third-order valence-electron chi connectivity index (χ3n) is 3.71. The first-order valence-corrected chi connectivity index (χ1v) is 7.89. The zero-order valence-corrected chi connectivity index (χ0v) is 13.7. The molecule has 6 nitrogen and oxygen atoms in total. The summed E-state index contributed by atoms with van der Waals surface area (Å²) >= 11 is 0. The highest BCUT2D eigenvalue weighted by molar-refractivity contribution is 5.85. The second kappa shape index (κ2) is 7.04. The van der Waals surface area contributed by atoms with E-state index in [2.05, 4.69) is 15.7 Å². The normalized spacial score (nSPS) is 11.9. The quantitative estimate of drug-likeness (QED) is 0.755. The van der Waals surface area contributed by atoms with Gasteiger partial charge in [0.15, 0.2) is 0 Å². The Morgan fingerprint density at radius 2 is 1.96 bits per heavy atom. The van der Waals surface area contributed by atoms with Gasteiger partial charge in [0, 0.05) is 0 Å². The van der Waals surface area contributed by atoms with Gasteiger partial charge < -0.3 is 10.1 Å². The van der Waals surface area contributed by atoms with Gasteiger partial charge in [0.1, 0.15) is 12.1 Å². The van der Waals surface area contributed by atoms with Gasteiger partial charge in [-0.25, -0.2) is 19.9 Å². The van der Waals surface area contributed by atoms with Crippen molar-refractivity contribution in [3.05, 3.63) is 60.4 Å². The molecule has 0 saturated heterocycles.